The van der Waals surface area contributed by atoms with Gasteiger partial charge < -0.3 is 15.2 Å². The first-order valence-electron chi connectivity index (χ1n) is 5.86. The molecule has 7 heteroatoms. The van der Waals surface area contributed by atoms with Crippen LogP contribution in [0, 0.1) is 0 Å². The van der Waals surface area contributed by atoms with Gasteiger partial charge >= 0.3 is 5.97 Å². The van der Waals surface area contributed by atoms with Crippen molar-refractivity contribution in [2.75, 3.05) is 12.4 Å². The summed E-state index contributed by atoms with van der Waals surface area (Å²) >= 11 is 5.83. The fourth-order valence-electron chi connectivity index (χ4n) is 1.72. The Kier molecular flexibility index (Phi) is 4.39. The molecule has 0 aliphatic carbocycles. The molecule has 108 valence electrons. The monoisotopic (exact) mass is 306 g/mol. The van der Waals surface area contributed by atoms with Crippen molar-refractivity contribution in [3.8, 4) is 5.88 Å². The van der Waals surface area contributed by atoms with E-state index in [1.54, 1.807) is 6.07 Å². The molecular formula is C14H11ClN2O4. The van der Waals surface area contributed by atoms with Crippen LogP contribution in [0.15, 0.2) is 36.5 Å². The number of hydrogen-bond acceptors (Lipinski definition) is 4. The number of carbonyl (C=O) groups is 2. The number of carboxylic acids is 1. The lowest BCUT2D eigenvalue weighted by Gasteiger charge is -2.10. The third-order valence-corrected chi connectivity index (χ3v) is 2.90. The molecule has 0 aliphatic rings. The molecule has 2 N–H and O–H groups in total. The Hall–Kier alpha value is -2.60. The van der Waals surface area contributed by atoms with Crippen molar-refractivity contribution < 1.29 is 19.4 Å². The lowest BCUT2D eigenvalue weighted by atomic mass is 10.1. The number of carboxylic acid groups (broad SMARTS) is 1. The van der Waals surface area contributed by atoms with Gasteiger partial charge in [-0.3, -0.25) is 4.79 Å². The number of nitrogens with zero attached hydrogens (tertiary/aromatic N) is 1. The smallest absolute Gasteiger partial charge is 0.337 e. The first kappa shape index (κ1) is 14.8. The highest BCUT2D eigenvalue weighted by Gasteiger charge is 2.17. The maximum Gasteiger partial charge on any atom is 0.337 e. The third-order valence-electron chi connectivity index (χ3n) is 2.67. The molecule has 1 aromatic heterocycles. The number of pyridine rings is 1. The Bertz CT molecular complexity index is 703. The Morgan fingerprint density at radius 1 is 1.29 bits per heavy atom. The summed E-state index contributed by atoms with van der Waals surface area (Å²) < 4.78 is 4.99. The first-order valence-corrected chi connectivity index (χ1v) is 6.24. The summed E-state index contributed by atoms with van der Waals surface area (Å²) in [5.74, 6) is -1.56. The van der Waals surface area contributed by atoms with E-state index in [1.165, 1.54) is 37.6 Å². The highest BCUT2D eigenvalue weighted by Crippen LogP contribution is 2.23. The summed E-state index contributed by atoms with van der Waals surface area (Å²) in [4.78, 5) is 27.3. The highest BCUT2D eigenvalue weighted by molar-refractivity contribution is 6.31. The Morgan fingerprint density at radius 2 is 2.05 bits per heavy atom. The van der Waals surface area contributed by atoms with Crippen LogP contribution in [0.25, 0.3) is 0 Å². The van der Waals surface area contributed by atoms with E-state index in [9.17, 15) is 9.59 Å². The minimum Gasteiger partial charge on any atom is -0.480 e. The van der Waals surface area contributed by atoms with E-state index in [0.717, 1.165) is 0 Å². The Labute approximate surface area is 125 Å². The van der Waals surface area contributed by atoms with Crippen molar-refractivity contribution in [1.29, 1.82) is 0 Å². The van der Waals surface area contributed by atoms with Crippen molar-refractivity contribution >= 4 is 29.2 Å². The molecule has 0 saturated heterocycles. The number of carbonyl (C=O) groups excluding carboxylic acids is 1. The number of hydrogen-bond donors (Lipinski definition) is 2. The molecule has 0 radical (unpaired) electrons. The summed E-state index contributed by atoms with van der Waals surface area (Å²) in [6.07, 6.45) is 1.48. The van der Waals surface area contributed by atoms with Crippen molar-refractivity contribution in [2.24, 2.45) is 0 Å². The molecule has 0 bridgehead atoms. The lowest BCUT2D eigenvalue weighted by Crippen LogP contribution is -2.16. The number of nitrogens with one attached hydrogen (secondary N) is 1. The number of halogens is 1. The minimum absolute atomic E-state index is 0.0596. The predicted octanol–water partition coefficient (Wildman–Crippen LogP) is 2.69. The molecule has 2 aromatic rings. The molecule has 0 unspecified atom stereocenters. The normalized spacial score (nSPS) is 10.0. The summed E-state index contributed by atoms with van der Waals surface area (Å²) in [6.45, 7) is 0. The van der Waals surface area contributed by atoms with Gasteiger partial charge in [-0.15, -0.1) is 0 Å². The van der Waals surface area contributed by atoms with Crippen LogP contribution < -0.4 is 10.1 Å². The number of anilines is 1. The fraction of sp³-hybridized carbons (Fsp3) is 0.0714. The van der Waals surface area contributed by atoms with Crippen molar-refractivity contribution in [3.63, 3.8) is 0 Å². The number of rotatable bonds is 4. The second kappa shape index (κ2) is 6.23. The first-order chi connectivity index (χ1) is 10.0. The highest BCUT2D eigenvalue weighted by atomic mass is 35.5. The van der Waals surface area contributed by atoms with Gasteiger partial charge in [-0.1, -0.05) is 11.6 Å². The number of methoxy groups -OCH3 is 1. The zero-order valence-electron chi connectivity index (χ0n) is 11.0. The number of aromatic nitrogens is 1. The molecular weight excluding hydrogens is 296 g/mol. The van der Waals surface area contributed by atoms with Crippen LogP contribution in [0.1, 0.15) is 20.7 Å². The zero-order chi connectivity index (χ0) is 15.4. The molecule has 21 heavy (non-hydrogen) atoms. The van der Waals surface area contributed by atoms with Gasteiger partial charge in [-0.05, 0) is 30.3 Å². The maximum atomic E-state index is 12.2. The van der Waals surface area contributed by atoms with Crippen LogP contribution in [0.4, 0.5) is 5.69 Å². The lowest BCUT2D eigenvalue weighted by molar-refractivity contribution is 0.0698. The average Bonchev–Trinajstić information content (AvgIpc) is 2.46. The second-order valence-corrected chi connectivity index (χ2v) is 4.45. The van der Waals surface area contributed by atoms with Crippen LogP contribution in [-0.4, -0.2) is 29.1 Å². The van der Waals surface area contributed by atoms with Gasteiger partial charge in [-0.25, -0.2) is 9.78 Å². The van der Waals surface area contributed by atoms with Gasteiger partial charge in [0.15, 0.2) is 0 Å². The van der Waals surface area contributed by atoms with Gasteiger partial charge in [0, 0.05) is 11.2 Å². The molecule has 1 heterocycles. The van der Waals surface area contributed by atoms with Crippen LogP contribution in [0.3, 0.4) is 0 Å². The number of ether oxygens (including phenoxy) is 1. The van der Waals surface area contributed by atoms with E-state index in [2.05, 4.69) is 10.3 Å². The molecule has 2 rings (SSSR count). The summed E-state index contributed by atoms with van der Waals surface area (Å²) in [5, 5.41) is 11.9. The molecule has 0 saturated carbocycles. The third kappa shape index (κ3) is 3.29. The molecule has 1 amide bonds. The fourth-order valence-corrected chi connectivity index (χ4v) is 1.89. The molecule has 0 atom stereocenters. The standard InChI is InChI=1S/C14H11ClN2O4/c1-21-13-10(3-2-6-16-13)12(18)17-11-7-8(15)4-5-9(11)14(19)20/h2-7H,1H3,(H,17,18)(H,19,20). The second-order valence-electron chi connectivity index (χ2n) is 4.01. The quantitative estimate of drug-likeness (QED) is 0.906. The topological polar surface area (TPSA) is 88.5 Å². The van der Waals surface area contributed by atoms with E-state index in [-0.39, 0.29) is 22.7 Å². The zero-order valence-corrected chi connectivity index (χ0v) is 11.7. The van der Waals surface area contributed by atoms with E-state index in [1.807, 2.05) is 0 Å². The van der Waals surface area contributed by atoms with Gasteiger partial charge in [-0.2, -0.15) is 0 Å². The molecule has 0 spiro atoms. The number of aromatic carboxylic acids is 1. The van der Waals surface area contributed by atoms with Crippen LogP contribution in [0.5, 0.6) is 5.88 Å². The summed E-state index contributed by atoms with van der Waals surface area (Å²) in [5.41, 5.74) is 0.234. The van der Waals surface area contributed by atoms with Gasteiger partial charge in [0.2, 0.25) is 5.88 Å². The van der Waals surface area contributed by atoms with Gasteiger partial charge in [0.05, 0.1) is 18.4 Å². The SMILES string of the molecule is COc1ncccc1C(=O)Nc1cc(Cl)ccc1C(=O)O. The van der Waals surface area contributed by atoms with Crippen LogP contribution >= 0.6 is 11.6 Å². The van der Waals surface area contributed by atoms with Crippen LogP contribution in [0.2, 0.25) is 5.02 Å². The van der Waals surface area contributed by atoms with Crippen molar-refractivity contribution in [1.82, 2.24) is 4.98 Å². The molecule has 0 aliphatic heterocycles. The predicted molar refractivity (Wildman–Crippen MR) is 77.2 cm³/mol. The van der Waals surface area contributed by atoms with E-state index < -0.39 is 11.9 Å². The Morgan fingerprint density at radius 3 is 2.71 bits per heavy atom. The maximum absolute atomic E-state index is 12.2. The number of benzene rings is 1. The van der Waals surface area contributed by atoms with E-state index in [0.29, 0.717) is 5.02 Å². The summed E-state index contributed by atoms with van der Waals surface area (Å²) in [7, 11) is 1.39. The molecule has 6 nitrogen and oxygen atoms in total. The molecule has 1 aromatic carbocycles. The van der Waals surface area contributed by atoms with Gasteiger partial charge in [0.1, 0.15) is 5.56 Å². The largest absolute Gasteiger partial charge is 0.480 e. The number of amides is 1. The summed E-state index contributed by atoms with van der Waals surface area (Å²) in [6, 6.07) is 7.22. The molecule has 0 fully saturated rings. The van der Waals surface area contributed by atoms with E-state index >= 15 is 0 Å². The van der Waals surface area contributed by atoms with Crippen molar-refractivity contribution in [2.45, 2.75) is 0 Å². The minimum atomic E-state index is -1.17. The van der Waals surface area contributed by atoms with E-state index in [4.69, 9.17) is 21.4 Å². The average molecular weight is 307 g/mol. The van der Waals surface area contributed by atoms with Crippen molar-refractivity contribution in [3.05, 3.63) is 52.7 Å². The Balaban J connectivity index is 2.36. The van der Waals surface area contributed by atoms with Gasteiger partial charge in [0.25, 0.3) is 5.91 Å². The van der Waals surface area contributed by atoms with Crippen LogP contribution in [-0.2, 0) is 0 Å².